The molecule has 2 N–H and O–H groups in total. The maximum absolute atomic E-state index is 12.5. The summed E-state index contributed by atoms with van der Waals surface area (Å²) >= 11 is 0. The molecule has 1 amide bonds. The topological polar surface area (TPSA) is 61.0 Å². The minimum atomic E-state index is -4.88. The normalized spacial score (nSPS) is 15.8. The summed E-state index contributed by atoms with van der Waals surface area (Å²) in [6.07, 6.45) is -3.64. The van der Waals surface area contributed by atoms with E-state index in [1.165, 1.54) is 6.20 Å². The van der Waals surface area contributed by atoms with Crippen LogP contribution in [-0.2, 0) is 4.79 Å². The molecule has 0 aromatic carbocycles. The number of amides is 1. The van der Waals surface area contributed by atoms with Gasteiger partial charge in [-0.25, -0.2) is 0 Å². The van der Waals surface area contributed by atoms with Crippen molar-refractivity contribution < 1.29 is 18.0 Å². The summed E-state index contributed by atoms with van der Waals surface area (Å²) in [5, 5.41) is 9.01. The van der Waals surface area contributed by atoms with Crippen LogP contribution in [0.4, 0.5) is 18.9 Å². The number of aryl methyl sites for hydroxylation is 1. The fraction of sp³-hybridized carbons (Fsp3) is 0.556. The standard InChI is InChI=1S/C9H11F3N4O.ClH/c1-5-7(4-14-15-5)16(6-2-13-3-6)8(17)9(10,11)12;/h4,6,13H,2-3H2,1H3,(H,14,15);1H. The molecule has 18 heavy (non-hydrogen) atoms. The average molecular weight is 285 g/mol. The first kappa shape index (κ1) is 14.8. The summed E-state index contributed by atoms with van der Waals surface area (Å²) in [5.41, 5.74) is 0.619. The zero-order chi connectivity index (χ0) is 12.6. The maximum Gasteiger partial charge on any atom is 0.471 e. The van der Waals surface area contributed by atoms with Crippen molar-refractivity contribution in [3.05, 3.63) is 11.9 Å². The van der Waals surface area contributed by atoms with E-state index in [2.05, 4.69) is 15.5 Å². The largest absolute Gasteiger partial charge is 0.471 e. The SMILES string of the molecule is Cc1[nH]ncc1N(C(=O)C(F)(F)F)C1CNC1.Cl. The highest BCUT2D eigenvalue weighted by atomic mass is 35.5. The van der Waals surface area contributed by atoms with Crippen molar-refractivity contribution in [2.45, 2.75) is 19.1 Å². The molecule has 1 aromatic rings. The third kappa shape index (κ3) is 2.59. The molecule has 0 unspecified atom stereocenters. The number of carbonyl (C=O) groups excluding carboxylic acids is 1. The highest BCUT2D eigenvalue weighted by molar-refractivity contribution is 5.98. The fourth-order valence-electron chi connectivity index (χ4n) is 1.65. The highest BCUT2D eigenvalue weighted by Crippen LogP contribution is 2.28. The molecule has 102 valence electrons. The molecule has 5 nitrogen and oxygen atoms in total. The molecule has 1 aliphatic heterocycles. The van der Waals surface area contributed by atoms with Crippen molar-refractivity contribution in [3.63, 3.8) is 0 Å². The van der Waals surface area contributed by atoms with Gasteiger partial charge in [-0.05, 0) is 6.92 Å². The second-order valence-corrected chi connectivity index (χ2v) is 3.87. The van der Waals surface area contributed by atoms with Gasteiger partial charge >= 0.3 is 12.1 Å². The Hall–Kier alpha value is -1.28. The number of anilines is 1. The molecule has 0 bridgehead atoms. The Morgan fingerprint density at radius 3 is 2.44 bits per heavy atom. The number of H-pyrrole nitrogens is 1. The van der Waals surface area contributed by atoms with Crippen LogP contribution < -0.4 is 10.2 Å². The molecule has 2 rings (SSSR count). The number of halogens is 4. The van der Waals surface area contributed by atoms with Gasteiger partial charge in [0.05, 0.1) is 23.6 Å². The third-order valence-corrected chi connectivity index (χ3v) is 2.65. The van der Waals surface area contributed by atoms with Crippen molar-refractivity contribution in [1.29, 1.82) is 0 Å². The lowest BCUT2D eigenvalue weighted by molar-refractivity contribution is -0.171. The quantitative estimate of drug-likeness (QED) is 0.852. The van der Waals surface area contributed by atoms with Gasteiger partial charge in [0.1, 0.15) is 0 Å². The van der Waals surface area contributed by atoms with Crippen molar-refractivity contribution in [3.8, 4) is 0 Å². The van der Waals surface area contributed by atoms with Gasteiger partial charge in [0.15, 0.2) is 0 Å². The Kier molecular flexibility index (Phi) is 4.23. The van der Waals surface area contributed by atoms with E-state index in [9.17, 15) is 18.0 Å². The van der Waals surface area contributed by atoms with Crippen LogP contribution in [0.15, 0.2) is 6.20 Å². The molecular weight excluding hydrogens is 273 g/mol. The van der Waals surface area contributed by atoms with E-state index in [4.69, 9.17) is 0 Å². The van der Waals surface area contributed by atoms with E-state index >= 15 is 0 Å². The molecule has 1 aromatic heterocycles. The number of nitrogens with one attached hydrogen (secondary N) is 2. The molecule has 1 saturated heterocycles. The monoisotopic (exact) mass is 284 g/mol. The Morgan fingerprint density at radius 1 is 1.50 bits per heavy atom. The minimum absolute atomic E-state index is 0. The van der Waals surface area contributed by atoms with E-state index in [1.807, 2.05) is 0 Å². The lowest BCUT2D eigenvalue weighted by Crippen LogP contribution is -2.61. The number of carbonyl (C=O) groups is 1. The van der Waals surface area contributed by atoms with Crippen LogP contribution in [0.25, 0.3) is 0 Å². The van der Waals surface area contributed by atoms with Crippen LogP contribution in [0.1, 0.15) is 5.69 Å². The molecule has 9 heteroatoms. The minimum Gasteiger partial charge on any atom is -0.313 e. The second kappa shape index (κ2) is 5.15. The van der Waals surface area contributed by atoms with Crippen molar-refractivity contribution in [1.82, 2.24) is 15.5 Å². The maximum atomic E-state index is 12.5. The van der Waals surface area contributed by atoms with Gasteiger partial charge in [0.25, 0.3) is 0 Å². The number of rotatable bonds is 2. The lowest BCUT2D eigenvalue weighted by Gasteiger charge is -2.38. The van der Waals surface area contributed by atoms with Crippen LogP contribution in [0, 0.1) is 6.92 Å². The number of alkyl halides is 3. The smallest absolute Gasteiger partial charge is 0.313 e. The summed E-state index contributed by atoms with van der Waals surface area (Å²) in [5.74, 6) is -1.85. The van der Waals surface area contributed by atoms with E-state index in [-0.39, 0.29) is 18.1 Å². The van der Waals surface area contributed by atoms with Crippen LogP contribution >= 0.6 is 12.4 Å². The molecular formula is C9H12ClF3N4O. The van der Waals surface area contributed by atoms with Crippen LogP contribution in [0.5, 0.6) is 0 Å². The van der Waals surface area contributed by atoms with E-state index in [0.717, 1.165) is 4.90 Å². The number of aromatic amines is 1. The fourth-order valence-corrected chi connectivity index (χ4v) is 1.65. The summed E-state index contributed by atoms with van der Waals surface area (Å²) in [7, 11) is 0. The number of nitrogens with zero attached hydrogens (tertiary/aromatic N) is 2. The van der Waals surface area contributed by atoms with Gasteiger partial charge < -0.3 is 5.32 Å². The van der Waals surface area contributed by atoms with Gasteiger partial charge in [0.2, 0.25) is 0 Å². The molecule has 0 atom stereocenters. The molecule has 0 radical (unpaired) electrons. The van der Waals surface area contributed by atoms with Crippen LogP contribution in [0.2, 0.25) is 0 Å². The van der Waals surface area contributed by atoms with Gasteiger partial charge in [0, 0.05) is 13.1 Å². The Balaban J connectivity index is 0.00000162. The Bertz CT molecular complexity index is 430. The summed E-state index contributed by atoms with van der Waals surface area (Å²) in [6.45, 7) is 2.28. The Morgan fingerprint density at radius 2 is 2.11 bits per heavy atom. The lowest BCUT2D eigenvalue weighted by atomic mass is 10.1. The first-order chi connectivity index (χ1) is 7.91. The second-order valence-electron chi connectivity index (χ2n) is 3.87. The van der Waals surface area contributed by atoms with E-state index in [1.54, 1.807) is 6.92 Å². The average Bonchev–Trinajstić information content (AvgIpc) is 2.55. The molecule has 2 heterocycles. The third-order valence-electron chi connectivity index (χ3n) is 2.65. The first-order valence-electron chi connectivity index (χ1n) is 5.02. The zero-order valence-electron chi connectivity index (χ0n) is 9.41. The van der Waals surface area contributed by atoms with Crippen molar-refractivity contribution in [2.75, 3.05) is 18.0 Å². The van der Waals surface area contributed by atoms with Crippen molar-refractivity contribution >= 4 is 24.0 Å². The summed E-state index contributed by atoms with van der Waals surface area (Å²) in [4.78, 5) is 12.1. The number of hydrogen-bond donors (Lipinski definition) is 2. The van der Waals surface area contributed by atoms with E-state index < -0.39 is 18.1 Å². The Labute approximate surface area is 107 Å². The summed E-state index contributed by atoms with van der Waals surface area (Å²) < 4.78 is 37.5. The number of hydrogen-bond acceptors (Lipinski definition) is 3. The van der Waals surface area contributed by atoms with Gasteiger partial charge in [-0.15, -0.1) is 12.4 Å². The highest BCUT2D eigenvalue weighted by Gasteiger charge is 2.47. The first-order valence-corrected chi connectivity index (χ1v) is 5.02. The number of aromatic nitrogens is 2. The molecule has 1 fully saturated rings. The van der Waals surface area contributed by atoms with E-state index in [0.29, 0.717) is 18.8 Å². The van der Waals surface area contributed by atoms with Crippen molar-refractivity contribution in [2.24, 2.45) is 0 Å². The zero-order valence-corrected chi connectivity index (χ0v) is 10.2. The molecule has 0 spiro atoms. The molecule has 0 saturated carbocycles. The summed E-state index contributed by atoms with van der Waals surface area (Å²) in [6, 6.07) is -0.472. The van der Waals surface area contributed by atoms with Gasteiger partial charge in [-0.1, -0.05) is 0 Å². The predicted octanol–water partition coefficient (Wildman–Crippen LogP) is 1.01. The molecule has 1 aliphatic rings. The van der Waals surface area contributed by atoms with Crippen LogP contribution in [0.3, 0.4) is 0 Å². The van der Waals surface area contributed by atoms with Crippen LogP contribution in [-0.4, -0.2) is 41.4 Å². The molecule has 0 aliphatic carbocycles. The van der Waals surface area contributed by atoms with Gasteiger partial charge in [-0.3, -0.25) is 14.8 Å². The van der Waals surface area contributed by atoms with Gasteiger partial charge in [-0.2, -0.15) is 18.3 Å². The predicted molar refractivity (Wildman–Crippen MR) is 60.8 cm³/mol.